The average Bonchev–Trinajstić information content (AvgIpc) is 2.50. The summed E-state index contributed by atoms with van der Waals surface area (Å²) in [6.45, 7) is 2.62. The lowest BCUT2D eigenvalue weighted by Gasteiger charge is -2.12. The van der Waals surface area contributed by atoms with Gasteiger partial charge in [0.1, 0.15) is 11.6 Å². The summed E-state index contributed by atoms with van der Waals surface area (Å²) in [7, 11) is 1.63. The fourth-order valence-electron chi connectivity index (χ4n) is 1.70. The van der Waals surface area contributed by atoms with Crippen molar-refractivity contribution < 1.29 is 9.47 Å². The van der Waals surface area contributed by atoms with Gasteiger partial charge < -0.3 is 20.5 Å². The van der Waals surface area contributed by atoms with Crippen LogP contribution >= 0.6 is 15.9 Å². The van der Waals surface area contributed by atoms with Gasteiger partial charge in [0.25, 0.3) is 0 Å². The summed E-state index contributed by atoms with van der Waals surface area (Å²) in [5, 5.41) is 3.22. The number of anilines is 3. The SMILES string of the molecule is CCCOc1nc(Nc2cc(OC)ccc2Br)ccc1N. The van der Waals surface area contributed by atoms with Crippen LogP contribution in [0.5, 0.6) is 11.6 Å². The number of nitrogens with one attached hydrogen (secondary N) is 1. The third-order valence-corrected chi connectivity index (χ3v) is 3.46. The molecule has 112 valence electrons. The molecular weight excluding hydrogens is 334 g/mol. The number of nitrogens with two attached hydrogens (primary N) is 1. The van der Waals surface area contributed by atoms with Crippen LogP contribution in [0.25, 0.3) is 0 Å². The van der Waals surface area contributed by atoms with Crippen molar-refractivity contribution in [2.75, 3.05) is 24.8 Å². The summed E-state index contributed by atoms with van der Waals surface area (Å²) in [5.74, 6) is 1.86. The zero-order chi connectivity index (χ0) is 15.2. The number of ether oxygens (including phenoxy) is 2. The minimum absolute atomic E-state index is 0.445. The van der Waals surface area contributed by atoms with Crippen LogP contribution in [0.15, 0.2) is 34.8 Å². The topological polar surface area (TPSA) is 69.4 Å². The fraction of sp³-hybridized carbons (Fsp3) is 0.267. The molecular formula is C15H18BrN3O2. The maximum Gasteiger partial charge on any atom is 0.239 e. The Kier molecular flexibility index (Phi) is 5.27. The quantitative estimate of drug-likeness (QED) is 0.823. The van der Waals surface area contributed by atoms with Gasteiger partial charge in [-0.05, 0) is 46.6 Å². The van der Waals surface area contributed by atoms with E-state index in [1.165, 1.54) is 0 Å². The van der Waals surface area contributed by atoms with Gasteiger partial charge >= 0.3 is 0 Å². The number of benzene rings is 1. The standard InChI is InChI=1S/C15H18BrN3O2/c1-3-8-21-15-12(17)6-7-14(19-15)18-13-9-10(20-2)4-5-11(13)16/h4-7,9H,3,8,17H2,1-2H3,(H,18,19). The largest absolute Gasteiger partial charge is 0.497 e. The Labute approximate surface area is 132 Å². The lowest BCUT2D eigenvalue weighted by atomic mass is 10.3. The number of hydrogen-bond donors (Lipinski definition) is 2. The van der Waals surface area contributed by atoms with Gasteiger partial charge in [-0.2, -0.15) is 4.98 Å². The van der Waals surface area contributed by atoms with Gasteiger partial charge in [-0.25, -0.2) is 0 Å². The molecule has 5 nitrogen and oxygen atoms in total. The summed E-state index contributed by atoms with van der Waals surface area (Å²) in [6, 6.07) is 9.25. The predicted octanol–water partition coefficient (Wildman–Crippen LogP) is 3.97. The van der Waals surface area contributed by atoms with E-state index in [1.807, 2.05) is 25.1 Å². The van der Waals surface area contributed by atoms with Crippen molar-refractivity contribution >= 4 is 33.1 Å². The van der Waals surface area contributed by atoms with Crippen molar-refractivity contribution in [3.05, 3.63) is 34.8 Å². The summed E-state index contributed by atoms with van der Waals surface area (Å²) in [4.78, 5) is 4.38. The summed E-state index contributed by atoms with van der Waals surface area (Å²) >= 11 is 3.49. The van der Waals surface area contributed by atoms with Crippen molar-refractivity contribution in [1.82, 2.24) is 4.98 Å². The van der Waals surface area contributed by atoms with Crippen LogP contribution in [0.1, 0.15) is 13.3 Å². The number of hydrogen-bond acceptors (Lipinski definition) is 5. The number of nitrogens with zero attached hydrogens (tertiary/aromatic N) is 1. The Bertz CT molecular complexity index is 620. The van der Waals surface area contributed by atoms with Crippen LogP contribution in [0.2, 0.25) is 0 Å². The molecule has 0 aliphatic carbocycles. The highest BCUT2D eigenvalue weighted by atomic mass is 79.9. The van der Waals surface area contributed by atoms with Gasteiger partial charge in [0.05, 0.1) is 25.1 Å². The molecule has 1 aromatic heterocycles. The fourth-order valence-corrected chi connectivity index (χ4v) is 2.05. The van der Waals surface area contributed by atoms with Crippen LogP contribution in [-0.2, 0) is 0 Å². The minimum Gasteiger partial charge on any atom is -0.497 e. The molecule has 0 aliphatic heterocycles. The third kappa shape index (κ3) is 4.01. The first kappa shape index (κ1) is 15.4. The van der Waals surface area contributed by atoms with E-state index in [9.17, 15) is 0 Å². The van der Waals surface area contributed by atoms with E-state index in [4.69, 9.17) is 15.2 Å². The van der Waals surface area contributed by atoms with Gasteiger partial charge in [0, 0.05) is 10.5 Å². The summed E-state index contributed by atoms with van der Waals surface area (Å²) in [5.41, 5.74) is 7.24. The van der Waals surface area contributed by atoms with Crippen LogP contribution < -0.4 is 20.5 Å². The molecule has 6 heteroatoms. The van der Waals surface area contributed by atoms with Crippen LogP contribution in [0, 0.1) is 0 Å². The monoisotopic (exact) mass is 351 g/mol. The highest BCUT2D eigenvalue weighted by Crippen LogP contribution is 2.30. The molecule has 3 N–H and O–H groups in total. The number of aromatic nitrogens is 1. The molecule has 2 aromatic rings. The Balaban J connectivity index is 2.23. The van der Waals surface area contributed by atoms with E-state index in [1.54, 1.807) is 19.2 Å². The van der Waals surface area contributed by atoms with E-state index in [0.29, 0.717) is 24.0 Å². The average molecular weight is 352 g/mol. The normalized spacial score (nSPS) is 10.2. The number of rotatable bonds is 6. The molecule has 0 saturated heterocycles. The van der Waals surface area contributed by atoms with Gasteiger partial charge in [0.15, 0.2) is 0 Å². The smallest absolute Gasteiger partial charge is 0.239 e. The second-order valence-electron chi connectivity index (χ2n) is 4.41. The van der Waals surface area contributed by atoms with Crippen LogP contribution in [0.3, 0.4) is 0 Å². The third-order valence-electron chi connectivity index (χ3n) is 2.77. The van der Waals surface area contributed by atoms with Gasteiger partial charge in [-0.15, -0.1) is 0 Å². The molecule has 0 unspecified atom stereocenters. The Morgan fingerprint density at radius 2 is 2.10 bits per heavy atom. The minimum atomic E-state index is 0.445. The molecule has 1 heterocycles. The van der Waals surface area contributed by atoms with Crippen molar-refractivity contribution in [2.45, 2.75) is 13.3 Å². The number of nitrogen functional groups attached to an aromatic ring is 1. The molecule has 0 radical (unpaired) electrons. The van der Waals surface area contributed by atoms with E-state index >= 15 is 0 Å². The van der Waals surface area contributed by atoms with E-state index in [2.05, 4.69) is 26.2 Å². The maximum absolute atomic E-state index is 5.85. The Morgan fingerprint density at radius 3 is 2.81 bits per heavy atom. The first-order valence-electron chi connectivity index (χ1n) is 6.64. The summed E-state index contributed by atoms with van der Waals surface area (Å²) < 4.78 is 11.7. The molecule has 0 spiro atoms. The Hall–Kier alpha value is -1.95. The van der Waals surface area contributed by atoms with Crippen LogP contribution in [0.4, 0.5) is 17.2 Å². The number of pyridine rings is 1. The molecule has 1 aromatic carbocycles. The van der Waals surface area contributed by atoms with Crippen molar-refractivity contribution in [2.24, 2.45) is 0 Å². The molecule has 0 bridgehead atoms. The van der Waals surface area contributed by atoms with Crippen molar-refractivity contribution in [3.63, 3.8) is 0 Å². The number of methoxy groups -OCH3 is 1. The van der Waals surface area contributed by atoms with Gasteiger partial charge in [-0.3, -0.25) is 0 Å². The zero-order valence-electron chi connectivity index (χ0n) is 12.0. The van der Waals surface area contributed by atoms with E-state index in [-0.39, 0.29) is 0 Å². The Morgan fingerprint density at radius 1 is 1.29 bits per heavy atom. The predicted molar refractivity (Wildman–Crippen MR) is 88.4 cm³/mol. The van der Waals surface area contributed by atoms with Crippen molar-refractivity contribution in [3.8, 4) is 11.6 Å². The highest BCUT2D eigenvalue weighted by molar-refractivity contribution is 9.10. The van der Waals surface area contributed by atoms with Gasteiger partial charge in [-0.1, -0.05) is 6.92 Å². The first-order valence-corrected chi connectivity index (χ1v) is 7.43. The molecule has 2 rings (SSSR count). The molecule has 21 heavy (non-hydrogen) atoms. The van der Waals surface area contributed by atoms with Gasteiger partial charge in [0.2, 0.25) is 5.88 Å². The molecule has 0 amide bonds. The highest BCUT2D eigenvalue weighted by Gasteiger charge is 2.07. The lowest BCUT2D eigenvalue weighted by Crippen LogP contribution is -2.03. The molecule has 0 fully saturated rings. The van der Waals surface area contributed by atoms with Crippen molar-refractivity contribution in [1.29, 1.82) is 0 Å². The summed E-state index contributed by atoms with van der Waals surface area (Å²) in [6.07, 6.45) is 0.903. The number of halogens is 1. The second kappa shape index (κ2) is 7.17. The van der Waals surface area contributed by atoms with E-state index in [0.717, 1.165) is 22.3 Å². The first-order chi connectivity index (χ1) is 10.1. The maximum atomic E-state index is 5.85. The zero-order valence-corrected chi connectivity index (χ0v) is 13.6. The molecule has 0 aliphatic rings. The lowest BCUT2D eigenvalue weighted by molar-refractivity contribution is 0.307. The molecule has 0 atom stereocenters. The van der Waals surface area contributed by atoms with Crippen LogP contribution in [-0.4, -0.2) is 18.7 Å². The second-order valence-corrected chi connectivity index (χ2v) is 5.26. The van der Waals surface area contributed by atoms with E-state index < -0.39 is 0 Å². The molecule has 0 saturated carbocycles.